The summed E-state index contributed by atoms with van der Waals surface area (Å²) in [5.41, 5.74) is 2.67. The molecule has 0 saturated heterocycles. The van der Waals surface area contributed by atoms with Gasteiger partial charge in [-0.05, 0) is 33.3 Å². The Kier molecular flexibility index (Phi) is 2.97. The molecule has 0 atom stereocenters. The Morgan fingerprint density at radius 2 is 2.10 bits per heavy atom. The first-order valence-electron chi connectivity index (χ1n) is 6.55. The van der Waals surface area contributed by atoms with Crippen molar-refractivity contribution in [2.45, 2.75) is 34.2 Å². The Hall–Kier alpha value is -1.95. The number of thiophene rings is 1. The molecule has 3 heterocycles. The zero-order chi connectivity index (χ0) is 14.4. The molecule has 0 aliphatic heterocycles. The second kappa shape index (κ2) is 4.56. The van der Waals surface area contributed by atoms with Gasteiger partial charge in [0.15, 0.2) is 5.82 Å². The van der Waals surface area contributed by atoms with Crippen LogP contribution in [0, 0.1) is 20.8 Å². The number of nitrogens with zero attached hydrogens (tertiary/aromatic N) is 3. The van der Waals surface area contributed by atoms with Gasteiger partial charge in [0.1, 0.15) is 11.2 Å². The van der Waals surface area contributed by atoms with Gasteiger partial charge < -0.3 is 4.57 Å². The predicted octanol–water partition coefficient (Wildman–Crippen LogP) is 2.79. The number of nitrogens with one attached hydrogen (secondary N) is 1. The first-order valence-corrected chi connectivity index (χ1v) is 7.36. The van der Waals surface area contributed by atoms with Gasteiger partial charge in [0.05, 0.1) is 10.9 Å². The molecule has 0 radical (unpaired) electrons. The molecule has 3 aromatic heterocycles. The first kappa shape index (κ1) is 13.1. The summed E-state index contributed by atoms with van der Waals surface area (Å²) in [6, 6.07) is 0. The maximum absolute atomic E-state index is 12.9. The lowest BCUT2D eigenvalue weighted by molar-refractivity contribution is 0.764. The number of hydrogen-bond acceptors (Lipinski definition) is 4. The zero-order valence-electron chi connectivity index (χ0n) is 11.9. The van der Waals surface area contributed by atoms with Crippen LogP contribution >= 0.6 is 11.3 Å². The van der Waals surface area contributed by atoms with E-state index in [9.17, 15) is 4.79 Å². The van der Waals surface area contributed by atoms with E-state index in [-0.39, 0.29) is 5.43 Å². The topological polar surface area (TPSA) is 63.6 Å². The van der Waals surface area contributed by atoms with Gasteiger partial charge in [0.25, 0.3) is 0 Å². The molecule has 104 valence electrons. The van der Waals surface area contributed by atoms with Gasteiger partial charge in [0.2, 0.25) is 5.43 Å². The summed E-state index contributed by atoms with van der Waals surface area (Å²) in [6.45, 7) is 8.94. The standard InChI is InChI=1S/C14H16N4OS/c1-5-18-8(3)11(13-15-6-16-17-13)12(19)10-7(2)9(4)20-14(10)18/h6H,5H2,1-4H3,(H,15,16,17). The van der Waals surface area contributed by atoms with Crippen LogP contribution in [0.3, 0.4) is 0 Å². The molecule has 0 spiro atoms. The number of aromatic nitrogens is 4. The highest BCUT2D eigenvalue weighted by Crippen LogP contribution is 2.31. The Balaban J connectivity index is 2.54. The van der Waals surface area contributed by atoms with Crippen LogP contribution in [-0.4, -0.2) is 19.7 Å². The van der Waals surface area contributed by atoms with Crippen molar-refractivity contribution in [2.75, 3.05) is 0 Å². The van der Waals surface area contributed by atoms with Crippen molar-refractivity contribution in [3.05, 3.63) is 32.7 Å². The second-order valence-electron chi connectivity index (χ2n) is 4.83. The Bertz CT molecular complexity index is 843. The van der Waals surface area contributed by atoms with Crippen molar-refractivity contribution in [3.63, 3.8) is 0 Å². The van der Waals surface area contributed by atoms with Gasteiger partial charge >= 0.3 is 0 Å². The van der Waals surface area contributed by atoms with Crippen molar-refractivity contribution in [3.8, 4) is 11.4 Å². The minimum absolute atomic E-state index is 0.0424. The summed E-state index contributed by atoms with van der Waals surface area (Å²) in [7, 11) is 0. The fourth-order valence-corrected chi connectivity index (χ4v) is 3.90. The molecule has 0 saturated carbocycles. The maximum atomic E-state index is 12.9. The van der Waals surface area contributed by atoms with E-state index in [0.717, 1.165) is 28.0 Å². The minimum Gasteiger partial charge on any atom is -0.336 e. The zero-order valence-corrected chi connectivity index (χ0v) is 12.8. The van der Waals surface area contributed by atoms with E-state index in [2.05, 4.69) is 33.6 Å². The molecule has 5 nitrogen and oxygen atoms in total. The van der Waals surface area contributed by atoms with E-state index in [1.807, 2.05) is 13.8 Å². The smallest absolute Gasteiger partial charge is 0.201 e. The molecule has 1 N–H and O–H groups in total. The molecule has 0 fully saturated rings. The highest BCUT2D eigenvalue weighted by atomic mass is 32.1. The van der Waals surface area contributed by atoms with Gasteiger partial charge in [-0.25, -0.2) is 4.98 Å². The third-order valence-corrected chi connectivity index (χ3v) is 5.03. The van der Waals surface area contributed by atoms with Crippen LogP contribution in [-0.2, 0) is 6.54 Å². The van der Waals surface area contributed by atoms with E-state index in [0.29, 0.717) is 11.4 Å². The van der Waals surface area contributed by atoms with E-state index >= 15 is 0 Å². The maximum Gasteiger partial charge on any atom is 0.201 e. The van der Waals surface area contributed by atoms with E-state index in [1.165, 1.54) is 11.2 Å². The second-order valence-corrected chi connectivity index (χ2v) is 6.03. The SMILES string of the molecule is CCn1c(C)c(-c2ncn[nH]2)c(=O)c2c(C)c(C)sc21. The van der Waals surface area contributed by atoms with Gasteiger partial charge in [0, 0.05) is 17.1 Å². The first-order chi connectivity index (χ1) is 9.56. The predicted molar refractivity (Wildman–Crippen MR) is 81.3 cm³/mol. The van der Waals surface area contributed by atoms with Crippen LogP contribution in [0.1, 0.15) is 23.1 Å². The average molecular weight is 288 g/mol. The van der Waals surface area contributed by atoms with Crippen LogP contribution in [0.25, 0.3) is 21.6 Å². The number of H-pyrrole nitrogens is 1. The molecule has 3 rings (SSSR count). The average Bonchev–Trinajstić information content (AvgIpc) is 3.01. The molecule has 0 unspecified atom stereocenters. The normalized spacial score (nSPS) is 11.4. The van der Waals surface area contributed by atoms with Crippen molar-refractivity contribution in [1.82, 2.24) is 19.7 Å². The van der Waals surface area contributed by atoms with Gasteiger partial charge in [-0.15, -0.1) is 11.3 Å². The number of pyridine rings is 1. The molecular formula is C14H16N4OS. The fourth-order valence-electron chi connectivity index (χ4n) is 2.63. The van der Waals surface area contributed by atoms with E-state index in [4.69, 9.17) is 0 Å². The summed E-state index contributed by atoms with van der Waals surface area (Å²) < 4.78 is 2.18. The Labute approximate surface area is 120 Å². The van der Waals surface area contributed by atoms with Gasteiger partial charge in [-0.3, -0.25) is 9.89 Å². The summed E-state index contributed by atoms with van der Waals surface area (Å²) in [5, 5.41) is 7.48. The van der Waals surface area contributed by atoms with Gasteiger partial charge in [-0.1, -0.05) is 0 Å². The van der Waals surface area contributed by atoms with Crippen LogP contribution in [0.4, 0.5) is 0 Å². The summed E-state index contributed by atoms with van der Waals surface area (Å²) >= 11 is 1.68. The molecule has 0 amide bonds. The largest absolute Gasteiger partial charge is 0.336 e. The Morgan fingerprint density at radius 1 is 1.35 bits per heavy atom. The molecule has 0 aliphatic rings. The number of aromatic amines is 1. The lowest BCUT2D eigenvalue weighted by atomic mass is 10.1. The highest BCUT2D eigenvalue weighted by Gasteiger charge is 2.20. The van der Waals surface area contributed by atoms with E-state index < -0.39 is 0 Å². The number of aryl methyl sites for hydroxylation is 3. The molecule has 0 aliphatic carbocycles. The van der Waals surface area contributed by atoms with E-state index in [1.54, 1.807) is 11.3 Å². The van der Waals surface area contributed by atoms with Crippen LogP contribution in [0.5, 0.6) is 0 Å². The molecule has 0 aromatic carbocycles. The van der Waals surface area contributed by atoms with Crippen molar-refractivity contribution >= 4 is 21.6 Å². The summed E-state index contributed by atoms with van der Waals surface area (Å²) in [5.74, 6) is 0.542. The highest BCUT2D eigenvalue weighted by molar-refractivity contribution is 7.18. The van der Waals surface area contributed by atoms with Crippen molar-refractivity contribution in [2.24, 2.45) is 0 Å². The van der Waals surface area contributed by atoms with Crippen molar-refractivity contribution in [1.29, 1.82) is 0 Å². The number of fused-ring (bicyclic) bond motifs is 1. The fraction of sp³-hybridized carbons (Fsp3) is 0.357. The minimum atomic E-state index is 0.0424. The quantitative estimate of drug-likeness (QED) is 0.788. The third-order valence-electron chi connectivity index (χ3n) is 3.80. The van der Waals surface area contributed by atoms with Crippen LogP contribution in [0.15, 0.2) is 11.1 Å². The number of hydrogen-bond donors (Lipinski definition) is 1. The van der Waals surface area contributed by atoms with Crippen molar-refractivity contribution < 1.29 is 0 Å². The molecular weight excluding hydrogens is 272 g/mol. The third kappa shape index (κ3) is 1.64. The summed E-state index contributed by atoms with van der Waals surface area (Å²) in [6.07, 6.45) is 1.43. The monoisotopic (exact) mass is 288 g/mol. The molecule has 6 heteroatoms. The van der Waals surface area contributed by atoms with Crippen LogP contribution < -0.4 is 5.43 Å². The number of rotatable bonds is 2. The lowest BCUT2D eigenvalue weighted by Crippen LogP contribution is -2.15. The summed E-state index contributed by atoms with van der Waals surface area (Å²) in [4.78, 5) is 19.2. The van der Waals surface area contributed by atoms with Crippen LogP contribution in [0.2, 0.25) is 0 Å². The van der Waals surface area contributed by atoms with Gasteiger partial charge in [-0.2, -0.15) is 5.10 Å². The lowest BCUT2D eigenvalue weighted by Gasteiger charge is -2.13. The Morgan fingerprint density at radius 3 is 2.70 bits per heavy atom. The molecule has 20 heavy (non-hydrogen) atoms. The molecule has 3 aromatic rings. The molecule has 0 bridgehead atoms.